The van der Waals surface area contributed by atoms with Crippen molar-refractivity contribution in [2.75, 3.05) is 18.8 Å². The number of likely N-dealkylation sites (tertiary alicyclic amines) is 1. The number of nitriles is 1. The first-order valence-electron chi connectivity index (χ1n) is 7.94. The average molecular weight is 355 g/mol. The van der Waals surface area contributed by atoms with Crippen LogP contribution >= 0.6 is 11.8 Å². The summed E-state index contributed by atoms with van der Waals surface area (Å²) in [5.74, 6) is 0.691. The van der Waals surface area contributed by atoms with E-state index < -0.39 is 0 Å². The number of hydrogen-bond acceptors (Lipinski definition) is 7. The van der Waals surface area contributed by atoms with Crippen molar-refractivity contribution in [1.82, 2.24) is 19.9 Å². The van der Waals surface area contributed by atoms with Gasteiger partial charge >= 0.3 is 0 Å². The van der Waals surface area contributed by atoms with E-state index in [9.17, 15) is 4.79 Å². The highest BCUT2D eigenvalue weighted by Crippen LogP contribution is 2.21. The summed E-state index contributed by atoms with van der Waals surface area (Å²) in [7, 11) is 0. The number of pyridine rings is 1. The standard InChI is InChI=1S/C17H17N5O2S/c18-10-15-17(21-8-7-20-15)24-13-2-1-9-22(11-13)16(23)12-25-14-3-5-19-6-4-14/h3-8,13H,1-2,9,11-12H2. The smallest absolute Gasteiger partial charge is 0.251 e. The third kappa shape index (κ3) is 4.67. The molecule has 1 saturated heterocycles. The average Bonchev–Trinajstić information content (AvgIpc) is 2.67. The van der Waals surface area contributed by atoms with Crippen LogP contribution in [0.4, 0.5) is 0 Å². The van der Waals surface area contributed by atoms with Crippen LogP contribution in [0.15, 0.2) is 41.8 Å². The summed E-state index contributed by atoms with van der Waals surface area (Å²) in [5.41, 5.74) is 0.166. The van der Waals surface area contributed by atoms with E-state index in [1.807, 2.05) is 23.1 Å². The van der Waals surface area contributed by atoms with E-state index >= 15 is 0 Å². The van der Waals surface area contributed by atoms with Crippen LogP contribution in [0.2, 0.25) is 0 Å². The molecule has 1 atom stereocenters. The van der Waals surface area contributed by atoms with Crippen molar-refractivity contribution >= 4 is 17.7 Å². The van der Waals surface area contributed by atoms with Gasteiger partial charge in [0.1, 0.15) is 12.2 Å². The van der Waals surface area contributed by atoms with E-state index in [0.29, 0.717) is 12.3 Å². The predicted octanol–water partition coefficient (Wildman–Crippen LogP) is 1.91. The molecular formula is C17H17N5O2S. The molecule has 25 heavy (non-hydrogen) atoms. The van der Waals surface area contributed by atoms with Crippen LogP contribution in [-0.2, 0) is 4.79 Å². The fourth-order valence-electron chi connectivity index (χ4n) is 2.58. The number of thioether (sulfide) groups is 1. The molecule has 0 bridgehead atoms. The van der Waals surface area contributed by atoms with Gasteiger partial charge in [0.25, 0.3) is 5.88 Å². The molecule has 0 aromatic carbocycles. The van der Waals surface area contributed by atoms with Gasteiger partial charge in [0.15, 0.2) is 0 Å². The quantitative estimate of drug-likeness (QED) is 0.756. The molecule has 3 rings (SSSR count). The lowest BCUT2D eigenvalue weighted by Crippen LogP contribution is -2.45. The molecule has 1 fully saturated rings. The predicted molar refractivity (Wildman–Crippen MR) is 91.9 cm³/mol. The van der Waals surface area contributed by atoms with Gasteiger partial charge in [-0.2, -0.15) is 5.26 Å². The third-order valence-electron chi connectivity index (χ3n) is 3.79. The molecular weight excluding hydrogens is 338 g/mol. The molecule has 1 unspecified atom stereocenters. The summed E-state index contributed by atoms with van der Waals surface area (Å²) in [4.78, 5) is 27.3. The van der Waals surface area contributed by atoms with Crippen molar-refractivity contribution in [3.05, 3.63) is 42.6 Å². The molecule has 1 aliphatic heterocycles. The zero-order valence-corrected chi connectivity index (χ0v) is 14.4. The maximum Gasteiger partial charge on any atom is 0.251 e. The molecule has 1 amide bonds. The van der Waals surface area contributed by atoms with Gasteiger partial charge in [0.05, 0.1) is 12.3 Å². The van der Waals surface area contributed by atoms with Crippen LogP contribution in [0.25, 0.3) is 0 Å². The first kappa shape index (κ1) is 17.2. The monoisotopic (exact) mass is 355 g/mol. The minimum absolute atomic E-state index is 0.0785. The molecule has 128 valence electrons. The van der Waals surface area contributed by atoms with Crippen LogP contribution in [0.1, 0.15) is 18.5 Å². The summed E-state index contributed by atoms with van der Waals surface area (Å²) in [5, 5.41) is 9.06. The van der Waals surface area contributed by atoms with Gasteiger partial charge in [0.2, 0.25) is 11.6 Å². The molecule has 3 heterocycles. The highest BCUT2D eigenvalue weighted by Gasteiger charge is 2.26. The van der Waals surface area contributed by atoms with Gasteiger partial charge in [-0.05, 0) is 25.0 Å². The number of piperidine rings is 1. The Balaban J connectivity index is 1.55. The van der Waals surface area contributed by atoms with Crippen molar-refractivity contribution in [2.24, 2.45) is 0 Å². The van der Waals surface area contributed by atoms with Gasteiger partial charge in [-0.1, -0.05) is 0 Å². The van der Waals surface area contributed by atoms with Gasteiger partial charge < -0.3 is 9.64 Å². The van der Waals surface area contributed by atoms with Gasteiger partial charge in [-0.15, -0.1) is 11.8 Å². The number of aromatic nitrogens is 3. The van der Waals surface area contributed by atoms with Crippen molar-refractivity contribution in [3.8, 4) is 11.9 Å². The van der Waals surface area contributed by atoms with Gasteiger partial charge in [0, 0.05) is 36.2 Å². The molecule has 8 heteroatoms. The Kier molecular flexibility index (Phi) is 5.80. The summed E-state index contributed by atoms with van der Waals surface area (Å²) in [6.07, 6.45) is 7.89. The number of nitrogens with zero attached hydrogens (tertiary/aromatic N) is 5. The Morgan fingerprint density at radius 2 is 2.12 bits per heavy atom. The van der Waals surface area contributed by atoms with E-state index in [0.717, 1.165) is 24.3 Å². The van der Waals surface area contributed by atoms with Gasteiger partial charge in [-0.25, -0.2) is 9.97 Å². The number of ether oxygens (including phenoxy) is 1. The second kappa shape index (κ2) is 8.44. The Hall–Kier alpha value is -2.66. The summed E-state index contributed by atoms with van der Waals surface area (Å²) < 4.78 is 5.82. The lowest BCUT2D eigenvalue weighted by atomic mass is 10.1. The molecule has 7 nitrogen and oxygen atoms in total. The third-order valence-corrected chi connectivity index (χ3v) is 4.79. The molecule has 0 saturated carbocycles. The zero-order chi connectivity index (χ0) is 17.5. The van der Waals surface area contributed by atoms with E-state index in [-0.39, 0.29) is 23.6 Å². The Morgan fingerprint density at radius 3 is 2.92 bits per heavy atom. The van der Waals surface area contributed by atoms with Crippen LogP contribution in [-0.4, -0.2) is 50.7 Å². The first-order valence-corrected chi connectivity index (χ1v) is 8.93. The molecule has 0 spiro atoms. The lowest BCUT2D eigenvalue weighted by molar-refractivity contribution is -0.130. The van der Waals surface area contributed by atoms with Crippen LogP contribution < -0.4 is 4.74 Å². The van der Waals surface area contributed by atoms with Crippen molar-refractivity contribution in [2.45, 2.75) is 23.8 Å². The topological polar surface area (TPSA) is 92.0 Å². The molecule has 2 aromatic heterocycles. The normalized spacial score (nSPS) is 16.9. The Bertz CT molecular complexity index is 765. The van der Waals surface area contributed by atoms with E-state index in [2.05, 4.69) is 15.0 Å². The lowest BCUT2D eigenvalue weighted by Gasteiger charge is -2.32. The molecule has 0 N–H and O–H groups in total. The summed E-state index contributed by atoms with van der Waals surface area (Å²) >= 11 is 1.50. The largest absolute Gasteiger partial charge is 0.470 e. The van der Waals surface area contributed by atoms with E-state index in [4.69, 9.17) is 10.00 Å². The number of rotatable bonds is 5. The van der Waals surface area contributed by atoms with Crippen molar-refractivity contribution in [1.29, 1.82) is 5.26 Å². The Labute approximate surface area is 150 Å². The van der Waals surface area contributed by atoms with E-state index in [1.54, 1.807) is 12.4 Å². The van der Waals surface area contributed by atoms with Crippen molar-refractivity contribution in [3.63, 3.8) is 0 Å². The minimum Gasteiger partial charge on any atom is -0.470 e. The number of hydrogen-bond donors (Lipinski definition) is 0. The van der Waals surface area contributed by atoms with Crippen LogP contribution in [0.5, 0.6) is 5.88 Å². The van der Waals surface area contributed by atoms with Crippen molar-refractivity contribution < 1.29 is 9.53 Å². The molecule has 2 aromatic rings. The van der Waals surface area contributed by atoms with E-state index in [1.165, 1.54) is 24.2 Å². The number of amides is 1. The SMILES string of the molecule is N#Cc1nccnc1OC1CCCN(C(=O)CSc2ccncc2)C1. The van der Waals surface area contributed by atoms with Gasteiger partial charge in [-0.3, -0.25) is 9.78 Å². The molecule has 0 radical (unpaired) electrons. The number of carbonyl (C=O) groups is 1. The molecule has 0 aliphatic carbocycles. The second-order valence-corrected chi connectivity index (χ2v) is 6.56. The second-order valence-electron chi connectivity index (χ2n) is 5.52. The summed E-state index contributed by atoms with van der Waals surface area (Å²) in [6, 6.07) is 5.74. The maximum atomic E-state index is 12.4. The van der Waals surface area contributed by atoms with Crippen LogP contribution in [0, 0.1) is 11.3 Å². The summed E-state index contributed by atoms with van der Waals surface area (Å²) in [6.45, 7) is 1.22. The first-order chi connectivity index (χ1) is 12.3. The minimum atomic E-state index is -0.174. The molecule has 1 aliphatic rings. The van der Waals surface area contributed by atoms with Crippen LogP contribution in [0.3, 0.4) is 0 Å². The Morgan fingerprint density at radius 1 is 1.32 bits per heavy atom. The number of carbonyl (C=O) groups excluding carboxylic acids is 1. The zero-order valence-electron chi connectivity index (χ0n) is 13.5. The highest BCUT2D eigenvalue weighted by atomic mass is 32.2. The highest BCUT2D eigenvalue weighted by molar-refractivity contribution is 8.00. The maximum absolute atomic E-state index is 12.4. The fourth-order valence-corrected chi connectivity index (χ4v) is 3.36. The fraction of sp³-hybridized carbons (Fsp3) is 0.353.